The Kier molecular flexibility index (Phi) is 7.07. The Morgan fingerprint density at radius 3 is 1.85 bits per heavy atom. The molecule has 6 heteroatoms. The van der Waals surface area contributed by atoms with Crippen molar-refractivity contribution in [2.45, 2.75) is 5.92 Å². The molecule has 0 saturated heterocycles. The highest BCUT2D eigenvalue weighted by Gasteiger charge is 2.25. The van der Waals surface area contributed by atoms with Crippen LogP contribution in [0.25, 0.3) is 0 Å². The summed E-state index contributed by atoms with van der Waals surface area (Å²) < 4.78 is 21.3. The third-order valence-electron chi connectivity index (χ3n) is 4.34. The number of hydrogen-bond donors (Lipinski definition) is 0. The standard InChI is InChI=1S/C21H27NO5/c1-22(2)13-16(14-7-9-17(24-3)19(11-14)26-5)21(23)15-8-10-18(25-4)20(12-15)27-6/h7-12,16H,13H2,1-6H3. The summed E-state index contributed by atoms with van der Waals surface area (Å²) in [6, 6.07) is 10.8. The SMILES string of the molecule is COc1ccc(C(=O)C(CN(C)C)c2ccc(OC)c(OC)c2)cc1OC. The minimum absolute atomic E-state index is 0.00290. The molecule has 0 N–H and O–H groups in total. The Labute approximate surface area is 160 Å². The zero-order valence-corrected chi connectivity index (χ0v) is 16.7. The van der Waals surface area contributed by atoms with Crippen molar-refractivity contribution in [3.8, 4) is 23.0 Å². The number of carbonyl (C=O) groups is 1. The normalized spacial score (nSPS) is 11.8. The van der Waals surface area contributed by atoms with E-state index in [1.165, 1.54) is 0 Å². The molecule has 0 aromatic heterocycles. The van der Waals surface area contributed by atoms with Gasteiger partial charge in [0.05, 0.1) is 34.4 Å². The van der Waals surface area contributed by atoms with E-state index in [9.17, 15) is 4.79 Å². The summed E-state index contributed by atoms with van der Waals surface area (Å²) in [5, 5.41) is 0. The number of benzene rings is 2. The number of ketones is 1. The van der Waals surface area contributed by atoms with Gasteiger partial charge in [-0.25, -0.2) is 0 Å². The van der Waals surface area contributed by atoms with E-state index in [4.69, 9.17) is 18.9 Å². The van der Waals surface area contributed by atoms with Crippen molar-refractivity contribution in [2.75, 3.05) is 49.1 Å². The van der Waals surface area contributed by atoms with Crippen molar-refractivity contribution in [3.05, 3.63) is 47.5 Å². The van der Waals surface area contributed by atoms with Crippen LogP contribution < -0.4 is 18.9 Å². The van der Waals surface area contributed by atoms with E-state index >= 15 is 0 Å². The summed E-state index contributed by atoms with van der Waals surface area (Å²) in [6.07, 6.45) is 0. The average molecular weight is 373 g/mol. The van der Waals surface area contributed by atoms with E-state index in [0.29, 0.717) is 35.1 Å². The smallest absolute Gasteiger partial charge is 0.171 e. The lowest BCUT2D eigenvalue weighted by Crippen LogP contribution is -2.26. The molecule has 1 unspecified atom stereocenters. The van der Waals surface area contributed by atoms with Crippen LogP contribution in [-0.2, 0) is 0 Å². The molecule has 0 fully saturated rings. The number of hydrogen-bond acceptors (Lipinski definition) is 6. The summed E-state index contributed by atoms with van der Waals surface area (Å²) in [5.74, 6) is 1.97. The van der Waals surface area contributed by atoms with Gasteiger partial charge >= 0.3 is 0 Å². The second-order valence-corrected chi connectivity index (χ2v) is 6.36. The van der Waals surface area contributed by atoms with Gasteiger partial charge < -0.3 is 23.8 Å². The molecule has 0 bridgehead atoms. The van der Waals surface area contributed by atoms with Crippen molar-refractivity contribution < 1.29 is 23.7 Å². The molecular weight excluding hydrogens is 346 g/mol. The molecule has 0 heterocycles. The first-order valence-electron chi connectivity index (χ1n) is 8.58. The van der Waals surface area contributed by atoms with E-state index in [2.05, 4.69) is 0 Å². The Morgan fingerprint density at radius 2 is 1.33 bits per heavy atom. The van der Waals surface area contributed by atoms with E-state index in [1.807, 2.05) is 37.2 Å². The topological polar surface area (TPSA) is 57.2 Å². The minimum atomic E-state index is -0.363. The summed E-state index contributed by atoms with van der Waals surface area (Å²) in [5.41, 5.74) is 1.43. The summed E-state index contributed by atoms with van der Waals surface area (Å²) in [7, 11) is 10.2. The summed E-state index contributed by atoms with van der Waals surface area (Å²) in [4.78, 5) is 15.3. The van der Waals surface area contributed by atoms with Gasteiger partial charge in [0.2, 0.25) is 0 Å². The molecule has 0 amide bonds. The first-order valence-corrected chi connectivity index (χ1v) is 8.58. The van der Waals surface area contributed by atoms with Crippen LogP contribution in [0, 0.1) is 0 Å². The second kappa shape index (κ2) is 9.28. The zero-order valence-electron chi connectivity index (χ0n) is 16.7. The lowest BCUT2D eigenvalue weighted by atomic mass is 9.89. The highest BCUT2D eigenvalue weighted by atomic mass is 16.5. The van der Waals surface area contributed by atoms with Crippen molar-refractivity contribution in [1.82, 2.24) is 4.90 Å². The fourth-order valence-electron chi connectivity index (χ4n) is 2.97. The lowest BCUT2D eigenvalue weighted by molar-refractivity contribution is 0.0944. The highest BCUT2D eigenvalue weighted by Crippen LogP contribution is 2.34. The zero-order chi connectivity index (χ0) is 20.0. The maximum absolute atomic E-state index is 13.3. The number of nitrogens with zero attached hydrogens (tertiary/aromatic N) is 1. The molecule has 1 atom stereocenters. The molecule has 0 aliphatic rings. The van der Waals surface area contributed by atoms with Crippen molar-refractivity contribution in [1.29, 1.82) is 0 Å². The van der Waals surface area contributed by atoms with Crippen LogP contribution in [0.5, 0.6) is 23.0 Å². The Hall–Kier alpha value is -2.73. The lowest BCUT2D eigenvalue weighted by Gasteiger charge is -2.22. The number of ether oxygens (including phenoxy) is 4. The Balaban J connectivity index is 2.46. The Morgan fingerprint density at radius 1 is 0.815 bits per heavy atom. The van der Waals surface area contributed by atoms with Gasteiger partial charge in [-0.15, -0.1) is 0 Å². The number of carbonyl (C=O) groups excluding carboxylic acids is 1. The second-order valence-electron chi connectivity index (χ2n) is 6.36. The summed E-state index contributed by atoms with van der Waals surface area (Å²) >= 11 is 0. The van der Waals surface area contributed by atoms with Gasteiger partial charge in [0.15, 0.2) is 28.8 Å². The van der Waals surface area contributed by atoms with Crippen LogP contribution in [0.15, 0.2) is 36.4 Å². The van der Waals surface area contributed by atoms with Gasteiger partial charge in [-0.05, 0) is 50.0 Å². The molecule has 146 valence electrons. The summed E-state index contributed by atoms with van der Waals surface area (Å²) in [6.45, 7) is 0.558. The molecule has 0 aliphatic carbocycles. The van der Waals surface area contributed by atoms with Gasteiger partial charge in [-0.1, -0.05) is 6.07 Å². The van der Waals surface area contributed by atoms with Crippen LogP contribution in [0.1, 0.15) is 21.8 Å². The fourth-order valence-corrected chi connectivity index (χ4v) is 2.97. The van der Waals surface area contributed by atoms with Crippen molar-refractivity contribution in [2.24, 2.45) is 0 Å². The van der Waals surface area contributed by atoms with Crippen LogP contribution in [0.3, 0.4) is 0 Å². The van der Waals surface area contributed by atoms with E-state index in [1.54, 1.807) is 46.6 Å². The van der Waals surface area contributed by atoms with E-state index in [-0.39, 0.29) is 11.7 Å². The van der Waals surface area contributed by atoms with Crippen LogP contribution in [0.4, 0.5) is 0 Å². The molecule has 0 radical (unpaired) electrons. The van der Waals surface area contributed by atoms with Crippen molar-refractivity contribution >= 4 is 5.78 Å². The van der Waals surface area contributed by atoms with Gasteiger partial charge in [-0.3, -0.25) is 4.79 Å². The molecule has 2 aromatic rings. The third kappa shape index (κ3) is 4.71. The van der Waals surface area contributed by atoms with Crippen molar-refractivity contribution in [3.63, 3.8) is 0 Å². The van der Waals surface area contributed by atoms with Gasteiger partial charge in [0.25, 0.3) is 0 Å². The maximum Gasteiger partial charge on any atom is 0.171 e. The first-order chi connectivity index (χ1) is 12.9. The fraction of sp³-hybridized carbons (Fsp3) is 0.381. The Bertz CT molecular complexity index is 788. The molecule has 0 saturated carbocycles. The predicted molar refractivity (Wildman–Crippen MR) is 105 cm³/mol. The van der Waals surface area contributed by atoms with Crippen LogP contribution in [-0.4, -0.2) is 59.8 Å². The van der Waals surface area contributed by atoms with Crippen LogP contribution >= 0.6 is 0 Å². The quantitative estimate of drug-likeness (QED) is 0.629. The number of methoxy groups -OCH3 is 4. The van der Waals surface area contributed by atoms with Gasteiger partial charge in [-0.2, -0.15) is 0 Å². The maximum atomic E-state index is 13.3. The number of likely N-dealkylation sites (N-methyl/N-ethyl adjacent to an activating group) is 1. The molecule has 2 rings (SSSR count). The number of Topliss-reactive ketones (excluding diaryl/α,β-unsaturated/α-hetero) is 1. The molecular formula is C21H27NO5. The van der Waals surface area contributed by atoms with E-state index in [0.717, 1.165) is 5.56 Å². The molecule has 0 aliphatic heterocycles. The van der Waals surface area contributed by atoms with Gasteiger partial charge in [0.1, 0.15) is 0 Å². The molecule has 2 aromatic carbocycles. The largest absolute Gasteiger partial charge is 0.493 e. The van der Waals surface area contributed by atoms with E-state index < -0.39 is 0 Å². The monoisotopic (exact) mass is 373 g/mol. The predicted octanol–water partition coefficient (Wildman–Crippen LogP) is 3.25. The minimum Gasteiger partial charge on any atom is -0.493 e. The first kappa shape index (κ1) is 20.6. The third-order valence-corrected chi connectivity index (χ3v) is 4.34. The average Bonchev–Trinajstić information content (AvgIpc) is 2.70. The molecule has 0 spiro atoms. The highest BCUT2D eigenvalue weighted by molar-refractivity contribution is 6.01. The molecule has 27 heavy (non-hydrogen) atoms. The van der Waals surface area contributed by atoms with Crippen LogP contribution in [0.2, 0.25) is 0 Å². The molecule has 6 nitrogen and oxygen atoms in total. The van der Waals surface area contributed by atoms with Gasteiger partial charge in [0, 0.05) is 12.1 Å². The number of rotatable bonds is 9.